The van der Waals surface area contributed by atoms with Gasteiger partial charge in [0, 0.05) is 0 Å². The molecule has 0 aromatic rings. The number of rotatable bonds is 0. The van der Waals surface area contributed by atoms with Crippen molar-refractivity contribution < 1.29 is 62.6 Å². The third kappa shape index (κ3) is 65.2. The van der Waals surface area contributed by atoms with E-state index in [2.05, 4.69) is 9.78 Å². The van der Waals surface area contributed by atoms with E-state index >= 15 is 0 Å². The Labute approximate surface area is 75.8 Å². The predicted molar refractivity (Wildman–Crippen MR) is 21.8 cm³/mol. The van der Waals surface area contributed by atoms with Crippen LogP contribution < -0.4 is 10.5 Å². The number of carbonyl (C=O) groups is 2. The largest absolute Gasteiger partial charge is 2.00 e. The molecular weight excluding hydrogens is 224 g/mol. The maximum atomic E-state index is 8.83. The Morgan fingerprint density at radius 2 is 1.08 bits per heavy atom. The maximum absolute atomic E-state index is 8.83. The van der Waals surface area contributed by atoms with Crippen LogP contribution in [0.5, 0.6) is 0 Å². The van der Waals surface area contributed by atoms with Gasteiger partial charge in [0.15, 0.2) is 0 Å². The molecule has 9 nitrogen and oxygen atoms in total. The van der Waals surface area contributed by atoms with Crippen LogP contribution >= 0.6 is 0 Å². The summed E-state index contributed by atoms with van der Waals surface area (Å²) in [5.41, 5.74) is 0. The van der Waals surface area contributed by atoms with Crippen molar-refractivity contribution >= 4 is 12.3 Å². The first-order valence-electron chi connectivity index (χ1n) is 1.60. The van der Waals surface area contributed by atoms with E-state index in [1.54, 1.807) is 0 Å². The smallest absolute Gasteiger partial charge is 0.659 e. The van der Waals surface area contributed by atoms with Gasteiger partial charge in [0.05, 0.1) is 0 Å². The number of hydrogen-bond donors (Lipinski definition) is 2. The van der Waals surface area contributed by atoms with Crippen molar-refractivity contribution in [2.45, 2.75) is 0 Å². The van der Waals surface area contributed by atoms with Crippen LogP contribution in [-0.4, -0.2) is 28.0 Å². The fourth-order valence-corrected chi connectivity index (χ4v) is 0. The minimum absolute atomic E-state index is 0. The SMILES string of the molecule is O.O=C(O)O[O-].O=C(O)O[O-].[Fe+2]. The molecule has 0 aromatic carbocycles. The maximum Gasteiger partial charge on any atom is 2.00 e. The monoisotopic (exact) mass is 228 g/mol. The van der Waals surface area contributed by atoms with Gasteiger partial charge in [-0.1, -0.05) is 0 Å². The van der Waals surface area contributed by atoms with Gasteiger partial charge in [-0.3, -0.25) is 0 Å². The second-order valence-corrected chi connectivity index (χ2v) is 0.698. The molecule has 74 valence electrons. The summed E-state index contributed by atoms with van der Waals surface area (Å²) in [7, 11) is 0. The summed E-state index contributed by atoms with van der Waals surface area (Å²) >= 11 is 0. The van der Waals surface area contributed by atoms with Crippen molar-refractivity contribution in [2.24, 2.45) is 0 Å². The molecule has 0 heterocycles. The van der Waals surface area contributed by atoms with Crippen molar-refractivity contribution in [1.29, 1.82) is 0 Å². The molecule has 0 radical (unpaired) electrons. The zero-order chi connectivity index (χ0) is 8.57. The van der Waals surface area contributed by atoms with Gasteiger partial charge in [0.2, 0.25) is 0 Å². The molecule has 0 aliphatic rings. The van der Waals surface area contributed by atoms with Crippen LogP contribution in [0.2, 0.25) is 0 Å². The Morgan fingerprint density at radius 3 is 1.08 bits per heavy atom. The average Bonchev–Trinajstić information content (AvgIpc) is 1.89. The molecule has 0 unspecified atom stereocenters. The van der Waals surface area contributed by atoms with Gasteiger partial charge in [-0.2, -0.15) is 0 Å². The summed E-state index contributed by atoms with van der Waals surface area (Å²) in [5, 5.41) is 31.4. The summed E-state index contributed by atoms with van der Waals surface area (Å²) in [6.07, 6.45) is -3.60. The van der Waals surface area contributed by atoms with Gasteiger partial charge >= 0.3 is 29.4 Å². The second-order valence-electron chi connectivity index (χ2n) is 0.698. The molecule has 0 rings (SSSR count). The third-order valence-corrected chi connectivity index (χ3v) is 0.143. The zero-order valence-corrected chi connectivity index (χ0v) is 6.30. The minimum Gasteiger partial charge on any atom is -0.659 e. The fourth-order valence-electron chi connectivity index (χ4n) is 0. The molecule has 0 spiro atoms. The van der Waals surface area contributed by atoms with Crippen LogP contribution in [0.25, 0.3) is 0 Å². The van der Waals surface area contributed by atoms with Crippen molar-refractivity contribution in [3.63, 3.8) is 0 Å². The standard InChI is InChI=1S/2CH2O4.Fe.H2O/c2*2-1(3)5-4;;/h2*4H,(H,2,3);;1H2/q;;+2;/p-2. The van der Waals surface area contributed by atoms with Crippen LogP contribution in [-0.2, 0) is 26.8 Å². The molecule has 0 saturated heterocycles. The molecule has 0 aromatic heterocycles. The molecule has 4 N–H and O–H groups in total. The van der Waals surface area contributed by atoms with E-state index < -0.39 is 12.3 Å². The molecule has 0 amide bonds. The average molecular weight is 228 g/mol. The molecule has 10 heteroatoms. The van der Waals surface area contributed by atoms with Crippen LogP contribution in [0.3, 0.4) is 0 Å². The summed E-state index contributed by atoms with van der Waals surface area (Å²) in [6.45, 7) is 0. The first kappa shape index (κ1) is 22.4. The summed E-state index contributed by atoms with van der Waals surface area (Å²) < 4.78 is 0. The molecule has 0 fully saturated rings. The molecule has 0 bridgehead atoms. The molecule has 0 atom stereocenters. The Bertz CT molecular complexity index is 97.1. The number of hydrogen-bond acceptors (Lipinski definition) is 6. The van der Waals surface area contributed by atoms with Gasteiger partial charge in [0.1, 0.15) is 0 Å². The Kier molecular flexibility index (Phi) is 30.8. The van der Waals surface area contributed by atoms with Gasteiger partial charge < -0.3 is 36.0 Å². The van der Waals surface area contributed by atoms with E-state index in [4.69, 9.17) is 30.3 Å². The molecular formula is C2H4FeO9. The summed E-state index contributed by atoms with van der Waals surface area (Å²) in [5.74, 6) is 0. The van der Waals surface area contributed by atoms with Gasteiger partial charge in [0.25, 0.3) is 0 Å². The van der Waals surface area contributed by atoms with E-state index in [0.29, 0.717) is 0 Å². The normalized spacial score (nSPS) is 5.50. The van der Waals surface area contributed by atoms with Crippen LogP contribution in [0.1, 0.15) is 0 Å². The topological polar surface area (TPSA) is 171 Å². The Hall–Kier alpha value is -1.06. The van der Waals surface area contributed by atoms with E-state index in [1.165, 1.54) is 0 Å². The first-order chi connectivity index (χ1) is 4.54. The van der Waals surface area contributed by atoms with E-state index in [9.17, 15) is 0 Å². The van der Waals surface area contributed by atoms with Gasteiger partial charge in [-0.05, 0) is 0 Å². The summed E-state index contributed by atoms with van der Waals surface area (Å²) in [4.78, 5) is 22.5. The Balaban J connectivity index is -0.0000000457. The predicted octanol–water partition coefficient (Wildman–Crippen LogP) is -2.91. The molecule has 12 heavy (non-hydrogen) atoms. The van der Waals surface area contributed by atoms with Crippen LogP contribution in [0.4, 0.5) is 9.59 Å². The van der Waals surface area contributed by atoms with Crippen molar-refractivity contribution in [3.05, 3.63) is 0 Å². The first-order valence-corrected chi connectivity index (χ1v) is 1.60. The number of carboxylic acid groups (broad SMARTS) is 2. The van der Waals surface area contributed by atoms with Crippen LogP contribution in [0.15, 0.2) is 0 Å². The van der Waals surface area contributed by atoms with Crippen LogP contribution in [0, 0.1) is 0 Å². The molecule has 0 saturated carbocycles. The second kappa shape index (κ2) is 16.5. The zero-order valence-electron chi connectivity index (χ0n) is 5.20. The summed E-state index contributed by atoms with van der Waals surface area (Å²) in [6, 6.07) is 0. The fraction of sp³-hybridized carbons (Fsp3) is 0. The Morgan fingerprint density at radius 1 is 1.00 bits per heavy atom. The van der Waals surface area contributed by atoms with Crippen molar-refractivity contribution in [2.75, 3.05) is 0 Å². The van der Waals surface area contributed by atoms with Crippen molar-refractivity contribution in [3.8, 4) is 0 Å². The third-order valence-electron chi connectivity index (χ3n) is 0.143. The van der Waals surface area contributed by atoms with E-state index in [0.717, 1.165) is 0 Å². The quantitative estimate of drug-likeness (QED) is 0.252. The van der Waals surface area contributed by atoms with E-state index in [-0.39, 0.29) is 22.5 Å². The van der Waals surface area contributed by atoms with Crippen molar-refractivity contribution in [1.82, 2.24) is 0 Å². The van der Waals surface area contributed by atoms with Gasteiger partial charge in [-0.25, -0.2) is 9.59 Å². The molecule has 0 aliphatic carbocycles. The molecule has 0 aliphatic heterocycles. The van der Waals surface area contributed by atoms with Gasteiger partial charge in [-0.15, -0.1) is 0 Å². The van der Waals surface area contributed by atoms with E-state index in [1.807, 2.05) is 0 Å². The minimum atomic E-state index is -1.80.